The Morgan fingerprint density at radius 1 is 1.40 bits per heavy atom. The van der Waals surface area contributed by atoms with Gasteiger partial charge in [0.25, 0.3) is 0 Å². The van der Waals surface area contributed by atoms with Crippen molar-refractivity contribution in [2.24, 2.45) is 0 Å². The topological polar surface area (TPSA) is 44.4 Å². The molecule has 0 saturated heterocycles. The first kappa shape index (κ1) is 9.98. The van der Waals surface area contributed by atoms with Gasteiger partial charge in [0, 0.05) is 32.9 Å². The fourth-order valence-electron chi connectivity index (χ4n) is 1.77. The van der Waals surface area contributed by atoms with Crippen LogP contribution in [0.1, 0.15) is 11.1 Å². The van der Waals surface area contributed by atoms with E-state index in [4.69, 9.17) is 0 Å². The van der Waals surface area contributed by atoms with E-state index in [9.17, 15) is 4.79 Å². The predicted molar refractivity (Wildman–Crippen MR) is 59.8 cm³/mol. The molecule has 0 atom stereocenters. The van der Waals surface area contributed by atoms with Gasteiger partial charge in [-0.1, -0.05) is 6.07 Å². The lowest BCUT2D eigenvalue weighted by Crippen LogP contribution is -2.34. The number of carbonyl (C=O) groups excluding carboxylic acids is 1. The second kappa shape index (κ2) is 3.90. The number of hydrogen-bond acceptors (Lipinski definition) is 2. The summed E-state index contributed by atoms with van der Waals surface area (Å²) in [6.07, 6.45) is 0. The number of nitrogens with one attached hydrogen (secondary N) is 2. The highest BCUT2D eigenvalue weighted by Gasteiger charge is 2.13. The van der Waals surface area contributed by atoms with Crippen molar-refractivity contribution in [3.8, 4) is 0 Å². The number of carbonyl (C=O) groups is 1. The molecular formula is C11H15N3O. The fourth-order valence-corrected chi connectivity index (χ4v) is 1.77. The van der Waals surface area contributed by atoms with Crippen molar-refractivity contribution in [3.05, 3.63) is 29.3 Å². The lowest BCUT2D eigenvalue weighted by Gasteiger charge is -2.17. The Kier molecular flexibility index (Phi) is 2.60. The first-order chi connectivity index (χ1) is 7.22. The molecule has 0 aromatic heterocycles. The molecule has 2 amide bonds. The van der Waals surface area contributed by atoms with Crippen molar-refractivity contribution in [2.45, 2.75) is 13.1 Å². The van der Waals surface area contributed by atoms with Gasteiger partial charge in [0.2, 0.25) is 0 Å². The van der Waals surface area contributed by atoms with Crippen LogP contribution in [-0.2, 0) is 13.1 Å². The normalized spacial score (nSPS) is 13.5. The molecular weight excluding hydrogens is 190 g/mol. The molecule has 2 N–H and O–H groups in total. The largest absolute Gasteiger partial charge is 0.341 e. The summed E-state index contributed by atoms with van der Waals surface area (Å²) in [5.41, 5.74) is 3.53. The average molecular weight is 205 g/mol. The Morgan fingerprint density at radius 2 is 2.13 bits per heavy atom. The number of nitrogens with zero attached hydrogens (tertiary/aromatic N) is 1. The van der Waals surface area contributed by atoms with Gasteiger partial charge in [-0.15, -0.1) is 0 Å². The third-order valence-corrected chi connectivity index (χ3v) is 2.73. The Balaban J connectivity index is 2.26. The highest BCUT2D eigenvalue weighted by atomic mass is 16.2. The van der Waals surface area contributed by atoms with E-state index in [1.54, 1.807) is 19.0 Å². The van der Waals surface area contributed by atoms with E-state index in [0.29, 0.717) is 0 Å². The SMILES string of the molecule is CNC(=O)N(C)c1ccc2c(c1)CNC2. The van der Waals surface area contributed by atoms with Crippen LogP contribution in [0.5, 0.6) is 0 Å². The van der Waals surface area contributed by atoms with Gasteiger partial charge in [-0.05, 0) is 23.3 Å². The molecule has 1 aliphatic rings. The first-order valence-corrected chi connectivity index (χ1v) is 5.00. The zero-order valence-corrected chi connectivity index (χ0v) is 9.00. The number of rotatable bonds is 1. The number of anilines is 1. The minimum Gasteiger partial charge on any atom is -0.341 e. The van der Waals surface area contributed by atoms with Crippen LogP contribution in [0.15, 0.2) is 18.2 Å². The minimum atomic E-state index is -0.0964. The summed E-state index contributed by atoms with van der Waals surface area (Å²) in [7, 11) is 3.40. The molecule has 0 bridgehead atoms. The molecule has 0 aliphatic carbocycles. The van der Waals surface area contributed by atoms with Gasteiger partial charge in [-0.3, -0.25) is 4.90 Å². The van der Waals surface area contributed by atoms with Crippen LogP contribution in [0.4, 0.5) is 10.5 Å². The lowest BCUT2D eigenvalue weighted by molar-refractivity contribution is 0.249. The Hall–Kier alpha value is -1.55. The summed E-state index contributed by atoms with van der Waals surface area (Å²) in [6.45, 7) is 1.82. The molecule has 1 aliphatic heterocycles. The van der Waals surface area contributed by atoms with Gasteiger partial charge in [0.15, 0.2) is 0 Å². The van der Waals surface area contributed by atoms with E-state index in [2.05, 4.69) is 22.8 Å². The van der Waals surface area contributed by atoms with Gasteiger partial charge in [0.1, 0.15) is 0 Å². The third-order valence-electron chi connectivity index (χ3n) is 2.73. The molecule has 0 unspecified atom stereocenters. The van der Waals surface area contributed by atoms with E-state index in [0.717, 1.165) is 18.8 Å². The highest BCUT2D eigenvalue weighted by molar-refractivity contribution is 5.91. The summed E-state index contributed by atoms with van der Waals surface area (Å²) in [5.74, 6) is 0. The van der Waals surface area contributed by atoms with Gasteiger partial charge in [-0.2, -0.15) is 0 Å². The number of fused-ring (bicyclic) bond motifs is 1. The van der Waals surface area contributed by atoms with Gasteiger partial charge in [-0.25, -0.2) is 4.79 Å². The second-order valence-electron chi connectivity index (χ2n) is 3.67. The lowest BCUT2D eigenvalue weighted by atomic mass is 10.1. The standard InChI is InChI=1S/C11H15N3O/c1-12-11(15)14(2)10-4-3-8-6-13-7-9(8)5-10/h3-5,13H,6-7H2,1-2H3,(H,12,15). The molecule has 2 rings (SSSR count). The van der Waals surface area contributed by atoms with Crippen LogP contribution in [0.25, 0.3) is 0 Å². The van der Waals surface area contributed by atoms with E-state index < -0.39 is 0 Å². The molecule has 0 spiro atoms. The summed E-state index contributed by atoms with van der Waals surface area (Å²) in [4.78, 5) is 13.0. The van der Waals surface area contributed by atoms with E-state index in [1.807, 2.05) is 6.07 Å². The smallest absolute Gasteiger partial charge is 0.321 e. The van der Waals surface area contributed by atoms with Gasteiger partial charge in [0.05, 0.1) is 0 Å². The zero-order chi connectivity index (χ0) is 10.8. The monoisotopic (exact) mass is 205 g/mol. The zero-order valence-electron chi connectivity index (χ0n) is 9.00. The maximum Gasteiger partial charge on any atom is 0.321 e. The predicted octanol–water partition coefficient (Wildman–Crippen LogP) is 1.07. The summed E-state index contributed by atoms with van der Waals surface area (Å²) >= 11 is 0. The number of urea groups is 1. The number of benzene rings is 1. The van der Waals surface area contributed by atoms with Crippen LogP contribution in [0, 0.1) is 0 Å². The van der Waals surface area contributed by atoms with Crippen molar-refractivity contribution >= 4 is 11.7 Å². The number of hydrogen-bond donors (Lipinski definition) is 2. The molecule has 0 saturated carbocycles. The third kappa shape index (κ3) is 1.80. The van der Waals surface area contributed by atoms with Crippen LogP contribution in [0.2, 0.25) is 0 Å². The Bertz CT molecular complexity index is 389. The van der Waals surface area contributed by atoms with Crippen LogP contribution in [0.3, 0.4) is 0 Å². The first-order valence-electron chi connectivity index (χ1n) is 5.00. The maximum absolute atomic E-state index is 11.4. The molecule has 4 nitrogen and oxygen atoms in total. The summed E-state index contributed by atoms with van der Waals surface area (Å²) < 4.78 is 0. The Morgan fingerprint density at radius 3 is 2.87 bits per heavy atom. The molecule has 4 heteroatoms. The minimum absolute atomic E-state index is 0.0964. The molecule has 0 radical (unpaired) electrons. The van der Waals surface area contributed by atoms with Crippen molar-refractivity contribution in [2.75, 3.05) is 19.0 Å². The molecule has 15 heavy (non-hydrogen) atoms. The van der Waals surface area contributed by atoms with E-state index in [-0.39, 0.29) is 6.03 Å². The van der Waals surface area contributed by atoms with Gasteiger partial charge >= 0.3 is 6.03 Å². The van der Waals surface area contributed by atoms with Crippen LogP contribution in [-0.4, -0.2) is 20.1 Å². The molecule has 1 aromatic rings. The molecule has 1 heterocycles. The maximum atomic E-state index is 11.4. The van der Waals surface area contributed by atoms with Crippen molar-refractivity contribution in [1.82, 2.24) is 10.6 Å². The van der Waals surface area contributed by atoms with Crippen LogP contribution >= 0.6 is 0 Å². The summed E-state index contributed by atoms with van der Waals surface area (Å²) in [6, 6.07) is 6.01. The molecule has 1 aromatic carbocycles. The average Bonchev–Trinajstić information content (AvgIpc) is 2.73. The van der Waals surface area contributed by atoms with Crippen molar-refractivity contribution in [1.29, 1.82) is 0 Å². The Labute approximate surface area is 89.3 Å². The quantitative estimate of drug-likeness (QED) is 0.720. The van der Waals surface area contributed by atoms with E-state index in [1.165, 1.54) is 11.1 Å². The molecule has 0 fully saturated rings. The second-order valence-corrected chi connectivity index (χ2v) is 3.67. The van der Waals surface area contributed by atoms with Crippen LogP contribution < -0.4 is 15.5 Å². The van der Waals surface area contributed by atoms with Crippen molar-refractivity contribution in [3.63, 3.8) is 0 Å². The molecule has 80 valence electrons. The van der Waals surface area contributed by atoms with Crippen molar-refractivity contribution < 1.29 is 4.79 Å². The fraction of sp³-hybridized carbons (Fsp3) is 0.364. The summed E-state index contributed by atoms with van der Waals surface area (Å²) in [5, 5.41) is 5.88. The van der Waals surface area contributed by atoms with Gasteiger partial charge < -0.3 is 10.6 Å². The van der Waals surface area contributed by atoms with E-state index >= 15 is 0 Å². The number of amides is 2. The highest BCUT2D eigenvalue weighted by Crippen LogP contribution is 2.22.